The summed E-state index contributed by atoms with van der Waals surface area (Å²) in [6.07, 6.45) is 0. The zero-order valence-electron chi connectivity index (χ0n) is 6.57. The van der Waals surface area contributed by atoms with Crippen LogP contribution in [0.5, 0.6) is 0 Å². The molecule has 0 unspecified atom stereocenters. The van der Waals surface area contributed by atoms with Crippen LogP contribution >= 0.6 is 0 Å². The number of carbonyl (C=O) groups excluding carboxylic acids is 1. The third-order valence-corrected chi connectivity index (χ3v) is 1.16. The van der Waals surface area contributed by atoms with Crippen molar-refractivity contribution in [3.05, 3.63) is 35.9 Å². The minimum absolute atomic E-state index is 0.0370. The summed E-state index contributed by atoms with van der Waals surface area (Å²) >= 11 is 0. The predicted octanol–water partition coefficient (Wildman–Crippen LogP) is 0.954. The summed E-state index contributed by atoms with van der Waals surface area (Å²) in [4.78, 5) is 21.0. The molecule has 1 aromatic rings. The van der Waals surface area contributed by atoms with Gasteiger partial charge in [0.2, 0.25) is 0 Å². The molecule has 11 heavy (non-hydrogen) atoms. The molecule has 56 valence electrons. The Morgan fingerprint density at radius 1 is 1.36 bits per heavy atom. The molecule has 0 heterocycles. The number of carbonyl (C=O) groups is 2. The molecule has 1 rings (SSSR count). The van der Waals surface area contributed by atoms with E-state index in [2.05, 4.69) is 0 Å². The lowest BCUT2D eigenvalue weighted by molar-refractivity contribution is -0.131. The molecule has 0 bridgehead atoms. The van der Waals surface area contributed by atoms with Crippen molar-refractivity contribution < 1.29 is 16.1 Å². The van der Waals surface area contributed by atoms with Gasteiger partial charge in [0.05, 0.1) is 1.37 Å². The van der Waals surface area contributed by atoms with Gasteiger partial charge in [0, 0.05) is 5.56 Å². The Morgan fingerprint density at radius 2 is 2.09 bits per heavy atom. The van der Waals surface area contributed by atoms with E-state index in [-0.39, 0.29) is 11.6 Å². The van der Waals surface area contributed by atoms with Crippen molar-refractivity contribution in [2.75, 3.05) is 0 Å². The minimum atomic E-state index is -1.50. The zero-order chi connectivity index (χ0) is 9.14. The number of carboxylic acids is 1. The number of Topliss-reactive ketones (excluding diaryl/α,β-unsaturated/α-hetero) is 1. The highest BCUT2D eigenvalue weighted by atomic mass is 16.4. The summed E-state index contributed by atoms with van der Waals surface area (Å²) in [5, 5.41) is 8.32. The second kappa shape index (κ2) is 2.96. The summed E-state index contributed by atoms with van der Waals surface area (Å²) in [6, 6.07) is 5.66. The van der Waals surface area contributed by atoms with E-state index < -0.39 is 11.8 Å². The van der Waals surface area contributed by atoms with Crippen LogP contribution in [0.2, 0.25) is 0 Å². The van der Waals surface area contributed by atoms with Crippen LogP contribution in [-0.4, -0.2) is 16.9 Å². The van der Waals surface area contributed by atoms with Crippen LogP contribution in [0.25, 0.3) is 0 Å². The van der Waals surface area contributed by atoms with Crippen LogP contribution < -0.4 is 0 Å². The Balaban J connectivity index is 3.04. The van der Waals surface area contributed by atoms with E-state index in [0.717, 1.165) is 0 Å². The molecule has 3 nitrogen and oxygen atoms in total. The molecule has 0 amide bonds. The van der Waals surface area contributed by atoms with E-state index in [1.54, 1.807) is 0 Å². The highest BCUT2D eigenvalue weighted by molar-refractivity contribution is 6.39. The molecule has 0 spiro atoms. The van der Waals surface area contributed by atoms with Crippen LogP contribution in [0.15, 0.2) is 30.3 Å². The molecule has 3 heteroatoms. The van der Waals surface area contributed by atoms with Gasteiger partial charge < -0.3 is 5.11 Å². The normalized spacial score (nSPS) is 10.4. The fraction of sp³-hybridized carbons (Fsp3) is 0. The average Bonchev–Trinajstić information content (AvgIpc) is 2.03. The van der Waals surface area contributed by atoms with Gasteiger partial charge in [-0.3, -0.25) is 4.79 Å². The fourth-order valence-electron chi connectivity index (χ4n) is 0.658. The first kappa shape index (κ1) is 6.09. The number of ketones is 1. The molecule has 0 aliphatic carbocycles. The Kier molecular flexibility index (Phi) is 1.64. The molecule has 1 aromatic carbocycles. The van der Waals surface area contributed by atoms with Crippen LogP contribution in [0, 0.1) is 0 Å². The summed E-state index contributed by atoms with van der Waals surface area (Å²) in [7, 11) is 0. The molecule has 1 N–H and O–H groups in total. The smallest absolute Gasteiger partial charge is 0.377 e. The van der Waals surface area contributed by atoms with Gasteiger partial charge in [0.25, 0.3) is 5.78 Å². The molecule has 0 saturated carbocycles. The number of hydrogen-bond donors (Lipinski definition) is 1. The number of rotatable bonds is 2. The lowest BCUT2D eigenvalue weighted by Crippen LogP contribution is -2.12. The first-order valence-electron chi connectivity index (χ1n) is 3.45. The van der Waals surface area contributed by atoms with Crippen molar-refractivity contribution in [2.24, 2.45) is 0 Å². The Hall–Kier alpha value is -1.64. The molecule has 0 atom stereocenters. The van der Waals surface area contributed by atoms with Crippen LogP contribution in [0.4, 0.5) is 0 Å². The van der Waals surface area contributed by atoms with E-state index >= 15 is 0 Å². The molecule has 0 aromatic heterocycles. The van der Waals surface area contributed by atoms with Crippen molar-refractivity contribution in [3.8, 4) is 0 Å². The molecular formula is C8H6O3. The molecular weight excluding hydrogens is 144 g/mol. The lowest BCUT2D eigenvalue weighted by Gasteiger charge is -1.91. The van der Waals surface area contributed by atoms with Crippen molar-refractivity contribution in [2.45, 2.75) is 0 Å². The maximum Gasteiger partial charge on any atom is 0.377 e. The second-order valence-corrected chi connectivity index (χ2v) is 1.93. The SMILES string of the molecule is [2H]c1cccc(C(=O)C(=O)O)c1. The van der Waals surface area contributed by atoms with E-state index in [4.69, 9.17) is 6.48 Å². The first-order valence-corrected chi connectivity index (χ1v) is 2.95. The van der Waals surface area contributed by atoms with Crippen molar-refractivity contribution in [3.63, 3.8) is 0 Å². The standard InChI is InChI=1S/C8H6O3/c9-7(8(10)11)6-4-2-1-3-5-6/h1-5H,(H,10,11)/i2D. The highest BCUT2D eigenvalue weighted by Gasteiger charge is 2.12. The number of carboxylic acid groups (broad SMARTS) is 1. The van der Waals surface area contributed by atoms with Gasteiger partial charge >= 0.3 is 5.97 Å². The van der Waals surface area contributed by atoms with Crippen molar-refractivity contribution in [1.29, 1.82) is 0 Å². The lowest BCUT2D eigenvalue weighted by atomic mass is 10.1. The fourth-order valence-corrected chi connectivity index (χ4v) is 0.658. The van der Waals surface area contributed by atoms with E-state index in [1.807, 2.05) is 0 Å². The molecule has 0 fully saturated rings. The van der Waals surface area contributed by atoms with E-state index in [0.29, 0.717) is 0 Å². The molecule has 0 aliphatic rings. The molecule has 0 radical (unpaired) electrons. The van der Waals surface area contributed by atoms with Gasteiger partial charge in [-0.15, -0.1) is 0 Å². The van der Waals surface area contributed by atoms with Crippen LogP contribution in [0.3, 0.4) is 0 Å². The van der Waals surface area contributed by atoms with Crippen molar-refractivity contribution >= 4 is 11.8 Å². The summed E-state index contributed by atoms with van der Waals surface area (Å²) in [5.41, 5.74) is 0.0370. The minimum Gasteiger partial charge on any atom is -0.475 e. The quantitative estimate of drug-likeness (QED) is 0.505. The zero-order valence-corrected chi connectivity index (χ0v) is 5.57. The van der Waals surface area contributed by atoms with Gasteiger partial charge in [-0.25, -0.2) is 4.79 Å². The Bertz CT molecular complexity index is 333. The Morgan fingerprint density at radius 3 is 2.64 bits per heavy atom. The van der Waals surface area contributed by atoms with Gasteiger partial charge in [-0.2, -0.15) is 0 Å². The molecule has 0 aliphatic heterocycles. The van der Waals surface area contributed by atoms with Crippen molar-refractivity contribution in [1.82, 2.24) is 0 Å². The summed E-state index contributed by atoms with van der Waals surface area (Å²) < 4.78 is 7.12. The van der Waals surface area contributed by atoms with E-state index in [9.17, 15) is 9.59 Å². The van der Waals surface area contributed by atoms with Gasteiger partial charge in [-0.1, -0.05) is 30.3 Å². The first-order chi connectivity index (χ1) is 5.61. The highest BCUT2D eigenvalue weighted by Crippen LogP contribution is 1.98. The second-order valence-electron chi connectivity index (χ2n) is 1.93. The van der Waals surface area contributed by atoms with E-state index in [1.165, 1.54) is 24.3 Å². The molecule has 0 saturated heterocycles. The predicted molar refractivity (Wildman–Crippen MR) is 38.4 cm³/mol. The van der Waals surface area contributed by atoms with Crippen LogP contribution in [0.1, 0.15) is 11.7 Å². The summed E-state index contributed by atoms with van der Waals surface area (Å²) in [5.74, 6) is -2.48. The van der Waals surface area contributed by atoms with Gasteiger partial charge in [0.1, 0.15) is 0 Å². The number of hydrogen-bond acceptors (Lipinski definition) is 2. The third kappa shape index (κ3) is 1.64. The maximum atomic E-state index is 10.8. The number of aliphatic carboxylic acids is 1. The Labute approximate surface area is 64.7 Å². The maximum absolute atomic E-state index is 10.8. The summed E-state index contributed by atoms with van der Waals surface area (Å²) in [6.45, 7) is 0. The third-order valence-electron chi connectivity index (χ3n) is 1.16. The van der Waals surface area contributed by atoms with Crippen LogP contribution in [-0.2, 0) is 4.79 Å². The number of benzene rings is 1. The average molecular weight is 151 g/mol. The largest absolute Gasteiger partial charge is 0.475 e. The monoisotopic (exact) mass is 151 g/mol. The van der Waals surface area contributed by atoms with Gasteiger partial charge in [-0.05, 0) is 0 Å². The van der Waals surface area contributed by atoms with Gasteiger partial charge in [0.15, 0.2) is 0 Å². The topological polar surface area (TPSA) is 54.4 Å².